The van der Waals surface area contributed by atoms with Gasteiger partial charge in [-0.1, -0.05) is 36.0 Å². The van der Waals surface area contributed by atoms with Crippen LogP contribution in [0.1, 0.15) is 63.0 Å². The van der Waals surface area contributed by atoms with Crippen LogP contribution in [0.4, 0.5) is 11.8 Å². The number of nitrogens with zero attached hydrogens (tertiary/aromatic N) is 4. The summed E-state index contributed by atoms with van der Waals surface area (Å²) in [5.74, 6) is 1.44. The van der Waals surface area contributed by atoms with E-state index < -0.39 is 0 Å². The molecule has 0 amide bonds. The molecule has 2 heterocycles. The van der Waals surface area contributed by atoms with Gasteiger partial charge < -0.3 is 26.3 Å². The Kier molecular flexibility index (Phi) is 13.4. The van der Waals surface area contributed by atoms with E-state index in [4.69, 9.17) is 43.9 Å². The fraction of sp³-hybridized carbons (Fsp3) is 0.560. The van der Waals surface area contributed by atoms with Crippen molar-refractivity contribution in [2.24, 2.45) is 5.73 Å². The van der Waals surface area contributed by atoms with E-state index in [1.54, 1.807) is 6.07 Å². The van der Waals surface area contributed by atoms with E-state index in [0.29, 0.717) is 47.2 Å². The lowest BCUT2D eigenvalue weighted by molar-refractivity contribution is 0.410. The van der Waals surface area contributed by atoms with Gasteiger partial charge in [0.05, 0.1) is 6.33 Å². The van der Waals surface area contributed by atoms with Crippen molar-refractivity contribution in [3.63, 3.8) is 0 Å². The van der Waals surface area contributed by atoms with Crippen LogP contribution < -0.4 is 21.7 Å². The maximum Gasteiger partial charge on any atom is 0.227 e. The van der Waals surface area contributed by atoms with Gasteiger partial charge in [-0.2, -0.15) is 9.97 Å². The predicted octanol–water partition coefficient (Wildman–Crippen LogP) is 6.40. The van der Waals surface area contributed by atoms with Crippen molar-refractivity contribution in [2.75, 3.05) is 23.7 Å². The normalized spacial score (nSPS) is 19.3. The van der Waals surface area contributed by atoms with Crippen LogP contribution in [0.5, 0.6) is 0 Å². The average Bonchev–Trinajstić information content (AvgIpc) is 3.49. The Morgan fingerprint density at radius 2 is 1.58 bits per heavy atom. The fourth-order valence-corrected chi connectivity index (χ4v) is 5.79. The third-order valence-electron chi connectivity index (χ3n) is 7.09. The predicted molar refractivity (Wildman–Crippen MR) is 165 cm³/mol. The highest BCUT2D eigenvalue weighted by molar-refractivity contribution is 6.34. The maximum atomic E-state index is 6.11. The molecule has 2 aliphatic carbocycles. The van der Waals surface area contributed by atoms with E-state index in [2.05, 4.69) is 20.5 Å². The van der Waals surface area contributed by atoms with Crippen molar-refractivity contribution in [2.45, 2.75) is 76.0 Å². The second kappa shape index (κ2) is 15.5. The van der Waals surface area contributed by atoms with Crippen LogP contribution in [-0.4, -0.2) is 44.7 Å². The van der Waals surface area contributed by atoms with Gasteiger partial charge in [0.15, 0.2) is 17.0 Å². The molecule has 38 heavy (non-hydrogen) atoms. The number of halogens is 5. The molecule has 2 fully saturated rings. The topological polar surface area (TPSA) is 106 Å². The van der Waals surface area contributed by atoms with Crippen LogP contribution in [0.3, 0.4) is 0 Å². The lowest BCUT2D eigenvalue weighted by Crippen LogP contribution is -2.33. The molecule has 5 N–H and O–H groups in total. The molecule has 0 spiro atoms. The molecule has 212 valence electrons. The summed E-state index contributed by atoms with van der Waals surface area (Å²) in [6, 6.07) is 6.73. The first-order valence-electron chi connectivity index (χ1n) is 12.7. The smallest absolute Gasteiger partial charge is 0.227 e. The molecule has 5 rings (SSSR count). The molecule has 0 atom stereocenters. The van der Waals surface area contributed by atoms with Crippen molar-refractivity contribution >= 4 is 83.4 Å². The van der Waals surface area contributed by atoms with E-state index in [1.807, 2.05) is 18.5 Å². The number of nitrogens with one attached hydrogen (secondary N) is 3. The van der Waals surface area contributed by atoms with E-state index in [9.17, 15) is 0 Å². The van der Waals surface area contributed by atoms with Crippen LogP contribution in [0.2, 0.25) is 10.0 Å². The third kappa shape index (κ3) is 8.37. The van der Waals surface area contributed by atoms with Gasteiger partial charge in [-0.3, -0.25) is 0 Å². The Morgan fingerprint density at radius 1 is 0.895 bits per heavy atom. The van der Waals surface area contributed by atoms with Gasteiger partial charge in [0, 0.05) is 47.8 Å². The molecular weight excluding hydrogens is 590 g/mol. The Labute approximate surface area is 252 Å². The minimum atomic E-state index is 0. The number of hydrogen-bond donors (Lipinski definition) is 4. The number of benzene rings is 1. The standard InChI is InChI=1S/C25H34Cl2N8.3ClH/c26-17-11-16(12-18(27)13-17)14-29-9-10-30-23-22-24(35(15-31-22)21-3-1-2-4-21)34-25(33-23)32-20-7-5-19(28)6-8-20;;;/h11-13,15,19-21,29H,1-10,14,28H2,(H2,30,32,33,34);3*1H/t19-,20-;;;. The summed E-state index contributed by atoms with van der Waals surface area (Å²) in [5, 5.41) is 11.8. The van der Waals surface area contributed by atoms with Crippen molar-refractivity contribution in [1.29, 1.82) is 0 Å². The summed E-state index contributed by atoms with van der Waals surface area (Å²) in [6.45, 7) is 2.14. The molecule has 3 aromatic rings. The zero-order chi connectivity index (χ0) is 24.2. The van der Waals surface area contributed by atoms with E-state index in [-0.39, 0.29) is 37.2 Å². The summed E-state index contributed by atoms with van der Waals surface area (Å²) in [6.07, 6.45) is 11.0. The minimum absolute atomic E-state index is 0. The van der Waals surface area contributed by atoms with Crippen LogP contribution in [0.25, 0.3) is 11.2 Å². The molecule has 2 aromatic heterocycles. The van der Waals surface area contributed by atoms with Gasteiger partial charge in [0.2, 0.25) is 5.95 Å². The molecule has 0 radical (unpaired) electrons. The van der Waals surface area contributed by atoms with Crippen molar-refractivity contribution in [3.8, 4) is 0 Å². The molecule has 2 aliphatic rings. The number of fused-ring (bicyclic) bond motifs is 1. The van der Waals surface area contributed by atoms with Gasteiger partial charge in [-0.05, 0) is 62.3 Å². The highest BCUT2D eigenvalue weighted by Crippen LogP contribution is 2.33. The van der Waals surface area contributed by atoms with Crippen molar-refractivity contribution in [1.82, 2.24) is 24.8 Å². The summed E-state index contributed by atoms with van der Waals surface area (Å²) in [4.78, 5) is 14.5. The zero-order valence-corrected chi connectivity index (χ0v) is 25.1. The summed E-state index contributed by atoms with van der Waals surface area (Å²) in [5.41, 5.74) is 8.89. The van der Waals surface area contributed by atoms with E-state index in [0.717, 1.165) is 54.8 Å². The number of rotatable bonds is 9. The highest BCUT2D eigenvalue weighted by Gasteiger charge is 2.23. The number of hydrogen-bond acceptors (Lipinski definition) is 7. The average molecular weight is 627 g/mol. The zero-order valence-electron chi connectivity index (χ0n) is 21.2. The van der Waals surface area contributed by atoms with Gasteiger partial charge in [0.25, 0.3) is 0 Å². The molecular formula is C25H37Cl5N8. The van der Waals surface area contributed by atoms with Crippen molar-refractivity contribution in [3.05, 3.63) is 40.1 Å². The van der Waals surface area contributed by atoms with Crippen LogP contribution >= 0.6 is 60.4 Å². The summed E-state index contributed by atoms with van der Waals surface area (Å²) >= 11 is 12.2. The first kappa shape index (κ1) is 32.9. The Balaban J connectivity index is 0.00000169. The second-order valence-electron chi connectivity index (χ2n) is 9.80. The SMILES string of the molecule is Cl.Cl.Cl.N[C@H]1CC[C@H](Nc2nc(NCCNCc3cc(Cl)cc(Cl)c3)c3ncn(C4CCCC4)c3n2)CC1. The van der Waals surface area contributed by atoms with Crippen molar-refractivity contribution < 1.29 is 0 Å². The minimum Gasteiger partial charge on any atom is -0.367 e. The monoisotopic (exact) mass is 624 g/mol. The Morgan fingerprint density at radius 3 is 2.26 bits per heavy atom. The van der Waals surface area contributed by atoms with Gasteiger partial charge >= 0.3 is 0 Å². The number of aromatic nitrogens is 4. The number of anilines is 2. The molecule has 0 saturated heterocycles. The molecule has 13 heteroatoms. The molecule has 1 aromatic carbocycles. The van der Waals surface area contributed by atoms with Crippen LogP contribution in [-0.2, 0) is 6.54 Å². The fourth-order valence-electron chi connectivity index (χ4n) is 5.22. The number of imidazole rings is 1. The molecule has 0 aliphatic heterocycles. The van der Waals surface area contributed by atoms with Gasteiger partial charge in [-0.25, -0.2) is 4.98 Å². The lowest BCUT2D eigenvalue weighted by Gasteiger charge is -2.27. The van der Waals surface area contributed by atoms with Gasteiger partial charge in [0.1, 0.15) is 0 Å². The first-order valence-corrected chi connectivity index (χ1v) is 13.5. The number of nitrogens with two attached hydrogens (primary N) is 1. The highest BCUT2D eigenvalue weighted by atomic mass is 35.5. The lowest BCUT2D eigenvalue weighted by atomic mass is 9.92. The quantitative estimate of drug-likeness (QED) is 0.204. The molecule has 8 nitrogen and oxygen atoms in total. The summed E-state index contributed by atoms with van der Waals surface area (Å²) < 4.78 is 2.25. The third-order valence-corrected chi connectivity index (χ3v) is 7.53. The van der Waals surface area contributed by atoms with Crippen LogP contribution in [0, 0.1) is 0 Å². The first-order chi connectivity index (χ1) is 17.0. The van der Waals surface area contributed by atoms with E-state index in [1.165, 1.54) is 25.7 Å². The molecule has 0 bridgehead atoms. The van der Waals surface area contributed by atoms with Crippen LogP contribution in [0.15, 0.2) is 24.5 Å². The Bertz CT molecular complexity index is 1130. The van der Waals surface area contributed by atoms with Gasteiger partial charge in [-0.15, -0.1) is 37.2 Å². The maximum absolute atomic E-state index is 6.11. The Hall–Kier alpha value is -1.26. The second-order valence-corrected chi connectivity index (χ2v) is 10.7. The summed E-state index contributed by atoms with van der Waals surface area (Å²) in [7, 11) is 0. The molecule has 2 saturated carbocycles. The van der Waals surface area contributed by atoms with E-state index >= 15 is 0 Å². The molecule has 0 unspecified atom stereocenters. The largest absolute Gasteiger partial charge is 0.367 e.